The minimum Gasteiger partial charge on any atom is -0.469 e. The molecule has 1 spiro atoms. The molecule has 4 amide bonds. The van der Waals surface area contributed by atoms with E-state index in [1.165, 1.54) is 7.11 Å². The summed E-state index contributed by atoms with van der Waals surface area (Å²) in [5.74, 6) is -1.14. The fraction of sp³-hybridized carbons (Fsp3) is 0.524. The second-order valence-electron chi connectivity index (χ2n) is 7.70. The van der Waals surface area contributed by atoms with Gasteiger partial charge < -0.3 is 15.4 Å². The van der Waals surface area contributed by atoms with Gasteiger partial charge in [0.15, 0.2) is 0 Å². The van der Waals surface area contributed by atoms with Crippen LogP contribution in [-0.2, 0) is 19.1 Å². The smallest absolute Gasteiger partial charge is 0.325 e. The Morgan fingerprint density at radius 2 is 1.93 bits per heavy atom. The minimum absolute atomic E-state index is 0.0221. The minimum atomic E-state index is -0.809. The first kappa shape index (κ1) is 22.1. The number of amides is 4. The van der Waals surface area contributed by atoms with Gasteiger partial charge in [-0.1, -0.05) is 49.1 Å². The molecule has 1 unspecified atom stereocenters. The molecule has 1 aliphatic heterocycles. The fourth-order valence-electron chi connectivity index (χ4n) is 4.10. The highest BCUT2D eigenvalue weighted by Gasteiger charge is 2.51. The number of carbonyl (C=O) groups excluding carboxylic acids is 4. The molecule has 1 saturated carbocycles. The maximum absolute atomic E-state index is 12.8. The van der Waals surface area contributed by atoms with Gasteiger partial charge in [-0.05, 0) is 24.5 Å². The van der Waals surface area contributed by atoms with Gasteiger partial charge in [-0.15, -0.1) is 0 Å². The van der Waals surface area contributed by atoms with Crippen molar-refractivity contribution in [1.29, 1.82) is 0 Å². The summed E-state index contributed by atoms with van der Waals surface area (Å²) in [6.07, 6.45) is 3.95. The number of rotatable bonds is 7. The van der Waals surface area contributed by atoms with Gasteiger partial charge in [-0.3, -0.25) is 19.3 Å². The van der Waals surface area contributed by atoms with E-state index in [2.05, 4.69) is 10.6 Å². The van der Waals surface area contributed by atoms with E-state index in [1.807, 2.05) is 0 Å². The van der Waals surface area contributed by atoms with E-state index in [0.717, 1.165) is 24.2 Å². The highest BCUT2D eigenvalue weighted by atomic mass is 35.5. The number of hydrogen-bond acceptors (Lipinski definition) is 5. The predicted octanol–water partition coefficient (Wildman–Crippen LogP) is 2.71. The lowest BCUT2D eigenvalue weighted by atomic mass is 9.82. The third kappa shape index (κ3) is 4.75. The summed E-state index contributed by atoms with van der Waals surface area (Å²) < 4.78 is 4.72. The summed E-state index contributed by atoms with van der Waals surface area (Å²) in [6, 6.07) is 5.78. The van der Waals surface area contributed by atoms with Gasteiger partial charge in [0, 0.05) is 18.0 Å². The Bertz CT molecular complexity index is 838. The van der Waals surface area contributed by atoms with Gasteiger partial charge in [0.25, 0.3) is 5.91 Å². The molecule has 0 aromatic heterocycles. The number of methoxy groups -OCH3 is 1. The molecule has 1 aromatic carbocycles. The van der Waals surface area contributed by atoms with Crippen LogP contribution < -0.4 is 10.6 Å². The number of urea groups is 1. The summed E-state index contributed by atoms with van der Waals surface area (Å²) in [4.78, 5) is 50.6. The molecule has 1 saturated heterocycles. The van der Waals surface area contributed by atoms with Crippen LogP contribution in [0.2, 0.25) is 5.02 Å². The first-order valence-electron chi connectivity index (χ1n) is 10.1. The van der Waals surface area contributed by atoms with Crippen molar-refractivity contribution in [3.63, 3.8) is 0 Å². The molecule has 1 heterocycles. The van der Waals surface area contributed by atoms with Crippen LogP contribution in [0, 0.1) is 0 Å². The molecule has 0 radical (unpaired) electrons. The van der Waals surface area contributed by atoms with Crippen molar-refractivity contribution in [3.8, 4) is 0 Å². The molecule has 1 aliphatic carbocycles. The van der Waals surface area contributed by atoms with Crippen LogP contribution in [0.3, 0.4) is 0 Å². The van der Waals surface area contributed by atoms with E-state index in [1.54, 1.807) is 24.3 Å². The monoisotopic (exact) mass is 435 g/mol. The topological polar surface area (TPSA) is 105 Å². The summed E-state index contributed by atoms with van der Waals surface area (Å²) >= 11 is 6.22. The lowest BCUT2D eigenvalue weighted by molar-refractivity contribution is -0.141. The SMILES string of the molecule is COC(=O)CC(NC(=O)CCN1C(=O)NC2(CCCCC2)C1=O)c1ccccc1Cl. The Labute approximate surface area is 180 Å². The standard InChI is InChI=1S/C21H26ClN3O5/c1-30-18(27)13-16(14-7-3-4-8-15(14)22)23-17(26)9-12-25-19(28)21(24-20(25)29)10-5-2-6-11-21/h3-4,7-8,16H,2,5-6,9-13H2,1H3,(H,23,26)(H,24,29). The molecular weight excluding hydrogens is 410 g/mol. The van der Waals surface area contributed by atoms with Crippen molar-refractivity contribution in [2.24, 2.45) is 0 Å². The second-order valence-corrected chi connectivity index (χ2v) is 8.11. The van der Waals surface area contributed by atoms with Gasteiger partial charge in [0.2, 0.25) is 5.91 Å². The highest BCUT2D eigenvalue weighted by molar-refractivity contribution is 6.31. The lowest BCUT2D eigenvalue weighted by Gasteiger charge is -2.30. The van der Waals surface area contributed by atoms with Crippen LogP contribution in [0.1, 0.15) is 56.6 Å². The van der Waals surface area contributed by atoms with E-state index in [0.29, 0.717) is 23.4 Å². The van der Waals surface area contributed by atoms with Crippen LogP contribution in [0.5, 0.6) is 0 Å². The first-order valence-corrected chi connectivity index (χ1v) is 10.5. The van der Waals surface area contributed by atoms with Gasteiger partial charge in [0.05, 0.1) is 19.6 Å². The van der Waals surface area contributed by atoms with E-state index >= 15 is 0 Å². The maximum atomic E-state index is 12.8. The number of esters is 1. The molecule has 0 bridgehead atoms. The van der Waals surface area contributed by atoms with Crippen molar-refractivity contribution in [1.82, 2.24) is 15.5 Å². The van der Waals surface area contributed by atoms with Crippen molar-refractivity contribution in [3.05, 3.63) is 34.9 Å². The average molecular weight is 436 g/mol. The summed E-state index contributed by atoms with van der Waals surface area (Å²) in [5.41, 5.74) is -0.217. The number of benzene rings is 1. The van der Waals surface area contributed by atoms with E-state index in [-0.39, 0.29) is 25.3 Å². The Balaban J connectivity index is 1.63. The summed E-state index contributed by atoms with van der Waals surface area (Å²) in [7, 11) is 1.27. The zero-order chi connectivity index (χ0) is 21.7. The lowest BCUT2D eigenvalue weighted by Crippen LogP contribution is -2.48. The third-order valence-electron chi connectivity index (χ3n) is 5.73. The van der Waals surface area contributed by atoms with Crippen molar-refractivity contribution >= 4 is 35.4 Å². The van der Waals surface area contributed by atoms with Crippen molar-refractivity contribution in [2.75, 3.05) is 13.7 Å². The van der Waals surface area contributed by atoms with Crippen LogP contribution in [-0.4, -0.2) is 47.9 Å². The van der Waals surface area contributed by atoms with Gasteiger partial charge in [-0.25, -0.2) is 4.79 Å². The van der Waals surface area contributed by atoms with Crippen molar-refractivity contribution in [2.45, 2.75) is 56.5 Å². The molecule has 3 rings (SSSR count). The summed E-state index contributed by atoms with van der Waals surface area (Å²) in [5, 5.41) is 6.01. The largest absolute Gasteiger partial charge is 0.469 e. The molecule has 2 fully saturated rings. The molecule has 1 atom stereocenters. The number of ether oxygens (including phenoxy) is 1. The molecule has 162 valence electrons. The molecule has 8 nitrogen and oxygen atoms in total. The van der Waals surface area contributed by atoms with Gasteiger partial charge >= 0.3 is 12.0 Å². The predicted molar refractivity (Wildman–Crippen MR) is 110 cm³/mol. The molecule has 9 heteroatoms. The normalized spacial score (nSPS) is 18.8. The van der Waals surface area contributed by atoms with Gasteiger partial charge in [-0.2, -0.15) is 0 Å². The van der Waals surface area contributed by atoms with E-state index in [4.69, 9.17) is 16.3 Å². The Kier molecular flexibility index (Phi) is 6.97. The zero-order valence-corrected chi connectivity index (χ0v) is 17.7. The van der Waals surface area contributed by atoms with Crippen LogP contribution in [0.25, 0.3) is 0 Å². The number of nitrogens with one attached hydrogen (secondary N) is 2. The fourth-order valence-corrected chi connectivity index (χ4v) is 4.37. The molecule has 2 N–H and O–H groups in total. The van der Waals surface area contributed by atoms with Crippen LogP contribution in [0.15, 0.2) is 24.3 Å². The average Bonchev–Trinajstić information content (AvgIpc) is 2.95. The number of hydrogen-bond donors (Lipinski definition) is 2. The van der Waals surface area contributed by atoms with Crippen LogP contribution >= 0.6 is 11.6 Å². The molecule has 1 aromatic rings. The Morgan fingerprint density at radius 1 is 1.23 bits per heavy atom. The molecular formula is C21H26ClN3O5. The van der Waals surface area contributed by atoms with E-state index in [9.17, 15) is 19.2 Å². The highest BCUT2D eigenvalue weighted by Crippen LogP contribution is 2.33. The van der Waals surface area contributed by atoms with Crippen LogP contribution in [0.4, 0.5) is 4.79 Å². The second kappa shape index (κ2) is 9.47. The van der Waals surface area contributed by atoms with Gasteiger partial charge in [0.1, 0.15) is 5.54 Å². The quantitative estimate of drug-likeness (QED) is 0.506. The van der Waals surface area contributed by atoms with E-state index < -0.39 is 29.5 Å². The first-order chi connectivity index (χ1) is 14.4. The third-order valence-corrected chi connectivity index (χ3v) is 6.07. The maximum Gasteiger partial charge on any atom is 0.325 e. The number of nitrogens with zero attached hydrogens (tertiary/aromatic N) is 1. The Morgan fingerprint density at radius 3 is 2.60 bits per heavy atom. The number of carbonyl (C=O) groups is 4. The van der Waals surface area contributed by atoms with Crippen molar-refractivity contribution < 1.29 is 23.9 Å². The molecule has 2 aliphatic rings. The number of imide groups is 1. The Hall–Kier alpha value is -2.61. The molecule has 30 heavy (non-hydrogen) atoms. The summed E-state index contributed by atoms with van der Waals surface area (Å²) in [6.45, 7) is -0.0221. The zero-order valence-electron chi connectivity index (χ0n) is 16.9. The number of halogens is 1.